The van der Waals surface area contributed by atoms with Gasteiger partial charge in [-0.05, 0) is 64.2 Å². The van der Waals surface area contributed by atoms with Crippen LogP contribution in [0.4, 0.5) is 0 Å². The molecule has 0 heterocycles. The number of phosphoric acid groups is 1. The van der Waals surface area contributed by atoms with Crippen LogP contribution in [0.3, 0.4) is 0 Å². The lowest BCUT2D eigenvalue weighted by Crippen LogP contribution is -2.29. The molecule has 0 aromatic heterocycles. The van der Waals surface area contributed by atoms with E-state index >= 15 is 0 Å². The molecule has 0 amide bonds. The van der Waals surface area contributed by atoms with Gasteiger partial charge in [0.2, 0.25) is 0 Å². The Bertz CT molecular complexity index is 1060. The van der Waals surface area contributed by atoms with E-state index in [-0.39, 0.29) is 19.4 Å². The fourth-order valence-electron chi connectivity index (χ4n) is 4.96. The van der Waals surface area contributed by atoms with Gasteiger partial charge in [-0.2, -0.15) is 0 Å². The number of ether oxygens (including phenoxy) is 2. The summed E-state index contributed by atoms with van der Waals surface area (Å²) in [7, 11) is -3.25. The monoisotopic (exact) mass is 734 g/mol. The summed E-state index contributed by atoms with van der Waals surface area (Å²) in [5.74, 6) is -0.962. The molecule has 0 saturated heterocycles. The number of unbranched alkanes of at least 4 members (excludes halogenated alkanes) is 13. The molecule has 1 N–H and O–H groups in total. The van der Waals surface area contributed by atoms with Crippen molar-refractivity contribution in [3.63, 3.8) is 0 Å². The van der Waals surface area contributed by atoms with Gasteiger partial charge in [0, 0.05) is 13.5 Å². The standard InChI is InChI=1S/C42H71O8P/c1-4-6-8-10-12-14-16-18-20-21-23-24-26-28-30-32-34-36-41(43)48-38-40(39-49-51(45,46)47-3)50-42(44)37-35-33-31-29-27-25-22-19-17-15-13-11-9-7-5-2/h7,9,13,15,18-20,22,27,29,33,35,40H,4-6,8,10-12,14,16-17,21,23-26,28,30-32,34,36-39H2,1-3H3,(H,45,46)/b9-7-,15-13-,20-18-,22-19-,29-27-,35-33-. The van der Waals surface area contributed by atoms with Crippen molar-refractivity contribution in [2.75, 3.05) is 20.3 Å². The highest BCUT2D eigenvalue weighted by molar-refractivity contribution is 7.47. The van der Waals surface area contributed by atoms with Gasteiger partial charge in [0.25, 0.3) is 0 Å². The van der Waals surface area contributed by atoms with Gasteiger partial charge in [0.15, 0.2) is 6.10 Å². The average molecular weight is 735 g/mol. The molecule has 0 rings (SSSR count). The second-order valence-corrected chi connectivity index (χ2v) is 14.3. The van der Waals surface area contributed by atoms with Crippen molar-refractivity contribution in [3.05, 3.63) is 72.9 Å². The Morgan fingerprint density at radius 1 is 0.588 bits per heavy atom. The number of hydrogen-bond acceptors (Lipinski definition) is 7. The van der Waals surface area contributed by atoms with Crippen molar-refractivity contribution >= 4 is 19.8 Å². The molecular formula is C42H71O8P. The van der Waals surface area contributed by atoms with Gasteiger partial charge in [0.1, 0.15) is 6.61 Å². The van der Waals surface area contributed by atoms with Crippen LogP contribution >= 0.6 is 7.82 Å². The Balaban J connectivity index is 4.18. The van der Waals surface area contributed by atoms with E-state index in [9.17, 15) is 19.0 Å². The Labute approximate surface area is 311 Å². The molecule has 292 valence electrons. The first-order chi connectivity index (χ1) is 24.8. The molecule has 0 aliphatic carbocycles. The SMILES string of the molecule is CC/C=C\C/C=C\C/C=C\C/C=C\C/C=C\CC(=O)OC(COC(=O)CCCCCCCCC/C=C\CCCCCCCC)COP(=O)(O)OC. The lowest BCUT2D eigenvalue weighted by Gasteiger charge is -2.19. The second-order valence-electron chi connectivity index (χ2n) is 12.7. The Morgan fingerprint density at radius 3 is 1.57 bits per heavy atom. The van der Waals surface area contributed by atoms with E-state index in [1.807, 2.05) is 12.2 Å². The molecule has 0 aliphatic rings. The maximum atomic E-state index is 12.4. The zero-order chi connectivity index (χ0) is 37.5. The van der Waals surface area contributed by atoms with Gasteiger partial charge in [-0.1, -0.05) is 151 Å². The van der Waals surface area contributed by atoms with Gasteiger partial charge >= 0.3 is 19.8 Å². The summed E-state index contributed by atoms with van der Waals surface area (Å²) in [6.07, 6.45) is 47.0. The number of allylic oxidation sites excluding steroid dienone is 11. The van der Waals surface area contributed by atoms with Crippen molar-refractivity contribution in [2.45, 2.75) is 161 Å². The second kappa shape index (κ2) is 37.3. The average Bonchev–Trinajstić information content (AvgIpc) is 3.12. The van der Waals surface area contributed by atoms with Crippen LogP contribution in [0.25, 0.3) is 0 Å². The zero-order valence-corrected chi connectivity index (χ0v) is 33.1. The van der Waals surface area contributed by atoms with E-state index in [4.69, 9.17) is 14.0 Å². The van der Waals surface area contributed by atoms with Crippen LogP contribution in [0.15, 0.2) is 72.9 Å². The molecule has 0 aromatic carbocycles. The molecule has 0 aliphatic heterocycles. The van der Waals surface area contributed by atoms with Crippen molar-refractivity contribution in [3.8, 4) is 0 Å². The first kappa shape index (κ1) is 48.5. The predicted octanol–water partition coefficient (Wildman–Crippen LogP) is 12.2. The molecule has 51 heavy (non-hydrogen) atoms. The van der Waals surface area contributed by atoms with Crippen LogP contribution in [0.5, 0.6) is 0 Å². The predicted molar refractivity (Wildman–Crippen MR) is 211 cm³/mol. The van der Waals surface area contributed by atoms with Gasteiger partial charge in [0.05, 0.1) is 13.0 Å². The summed E-state index contributed by atoms with van der Waals surface area (Å²) in [4.78, 5) is 34.3. The smallest absolute Gasteiger partial charge is 0.462 e. The fraction of sp³-hybridized carbons (Fsp3) is 0.667. The van der Waals surface area contributed by atoms with E-state index in [0.29, 0.717) is 6.42 Å². The van der Waals surface area contributed by atoms with Crippen molar-refractivity contribution in [1.82, 2.24) is 0 Å². The zero-order valence-electron chi connectivity index (χ0n) is 32.2. The molecule has 2 unspecified atom stereocenters. The summed E-state index contributed by atoms with van der Waals surface area (Å²) in [5.41, 5.74) is 0. The lowest BCUT2D eigenvalue weighted by atomic mass is 10.1. The molecule has 0 radical (unpaired) electrons. The fourth-order valence-corrected chi connectivity index (χ4v) is 5.42. The molecule has 0 fully saturated rings. The third kappa shape index (κ3) is 37.1. The van der Waals surface area contributed by atoms with Gasteiger partial charge in [-0.3, -0.25) is 18.6 Å². The van der Waals surface area contributed by atoms with Crippen LogP contribution in [-0.2, 0) is 32.7 Å². The van der Waals surface area contributed by atoms with E-state index in [2.05, 4.69) is 73.1 Å². The van der Waals surface area contributed by atoms with Gasteiger partial charge < -0.3 is 14.4 Å². The first-order valence-electron chi connectivity index (χ1n) is 19.6. The first-order valence-corrected chi connectivity index (χ1v) is 21.1. The normalized spacial score (nSPS) is 14.2. The molecular weight excluding hydrogens is 663 g/mol. The number of rotatable bonds is 35. The largest absolute Gasteiger partial charge is 0.472 e. The van der Waals surface area contributed by atoms with Gasteiger partial charge in [-0.25, -0.2) is 4.57 Å². The minimum absolute atomic E-state index is 0.00892. The summed E-state index contributed by atoms with van der Waals surface area (Å²) < 4.78 is 31.8. The summed E-state index contributed by atoms with van der Waals surface area (Å²) in [5, 5.41) is 0. The minimum Gasteiger partial charge on any atom is -0.462 e. The number of esters is 2. The minimum atomic E-state index is -4.29. The van der Waals surface area contributed by atoms with Crippen LogP contribution in [0.2, 0.25) is 0 Å². The summed E-state index contributed by atoms with van der Waals surface area (Å²) >= 11 is 0. The molecule has 0 spiro atoms. The van der Waals surface area contributed by atoms with E-state index < -0.39 is 32.5 Å². The van der Waals surface area contributed by atoms with E-state index in [1.54, 1.807) is 6.08 Å². The number of hydrogen-bond donors (Lipinski definition) is 1. The van der Waals surface area contributed by atoms with Crippen LogP contribution in [0, 0.1) is 0 Å². The molecule has 9 heteroatoms. The van der Waals surface area contributed by atoms with Crippen LogP contribution in [-0.4, -0.2) is 43.3 Å². The summed E-state index contributed by atoms with van der Waals surface area (Å²) in [6, 6.07) is 0. The Morgan fingerprint density at radius 2 is 1.06 bits per heavy atom. The third-order valence-electron chi connectivity index (χ3n) is 7.97. The third-order valence-corrected chi connectivity index (χ3v) is 8.90. The number of carbonyl (C=O) groups excluding carboxylic acids is 2. The maximum Gasteiger partial charge on any atom is 0.472 e. The van der Waals surface area contributed by atoms with Gasteiger partial charge in [-0.15, -0.1) is 0 Å². The highest BCUT2D eigenvalue weighted by Gasteiger charge is 2.24. The van der Waals surface area contributed by atoms with Crippen molar-refractivity contribution < 1.29 is 37.6 Å². The van der Waals surface area contributed by atoms with Crippen molar-refractivity contribution in [1.29, 1.82) is 0 Å². The van der Waals surface area contributed by atoms with Crippen LogP contribution in [0.1, 0.15) is 155 Å². The molecule has 0 aromatic rings. The van der Waals surface area contributed by atoms with Crippen LogP contribution < -0.4 is 0 Å². The lowest BCUT2D eigenvalue weighted by molar-refractivity contribution is -0.160. The molecule has 0 saturated carbocycles. The van der Waals surface area contributed by atoms with E-state index in [0.717, 1.165) is 64.9 Å². The highest BCUT2D eigenvalue weighted by Crippen LogP contribution is 2.42. The highest BCUT2D eigenvalue weighted by atomic mass is 31.2. The maximum absolute atomic E-state index is 12.4. The van der Waals surface area contributed by atoms with Crippen molar-refractivity contribution in [2.24, 2.45) is 0 Å². The molecule has 2 atom stereocenters. The molecule has 8 nitrogen and oxygen atoms in total. The topological polar surface area (TPSA) is 108 Å². The van der Waals surface area contributed by atoms with E-state index in [1.165, 1.54) is 64.2 Å². The number of phosphoric ester groups is 1. The Hall–Kier alpha value is -2.51. The summed E-state index contributed by atoms with van der Waals surface area (Å²) in [6.45, 7) is 3.67. The number of carbonyl (C=O) groups is 2. The molecule has 0 bridgehead atoms. The quantitative estimate of drug-likeness (QED) is 0.0297. The Kier molecular flexibility index (Phi) is 35.4.